The molecule has 0 amide bonds. The minimum absolute atomic E-state index is 0.179. The normalized spacial score (nSPS) is 11.8. The van der Waals surface area contributed by atoms with Crippen LogP contribution in [0.15, 0.2) is 65.0 Å². The lowest BCUT2D eigenvalue weighted by molar-refractivity contribution is 0.601. The van der Waals surface area contributed by atoms with Gasteiger partial charge in [-0.2, -0.15) is 0 Å². The molecule has 0 saturated carbocycles. The molecule has 4 rings (SSSR count). The number of halogens is 2. The van der Waals surface area contributed by atoms with Crippen LogP contribution < -0.4 is 4.72 Å². The van der Waals surface area contributed by atoms with Gasteiger partial charge >= 0.3 is 0 Å². The number of aromatic nitrogens is 1. The summed E-state index contributed by atoms with van der Waals surface area (Å²) in [6.45, 7) is 0. The number of nitrogens with one attached hydrogen (secondary N) is 2. The lowest BCUT2D eigenvalue weighted by atomic mass is 10.2. The second-order valence-electron chi connectivity index (χ2n) is 5.59. The second-order valence-corrected chi connectivity index (χ2v) is 9.03. The van der Waals surface area contributed by atoms with Gasteiger partial charge in [0.1, 0.15) is 0 Å². The number of anilines is 1. The molecule has 26 heavy (non-hydrogen) atoms. The van der Waals surface area contributed by atoms with E-state index in [9.17, 15) is 8.42 Å². The van der Waals surface area contributed by atoms with E-state index in [0.717, 1.165) is 10.4 Å². The maximum Gasteiger partial charge on any atom is 0.261 e. The smallest absolute Gasteiger partial charge is 0.261 e. The minimum atomic E-state index is -3.75. The molecule has 132 valence electrons. The molecule has 8 heteroatoms. The third-order valence-corrected chi connectivity index (χ3v) is 6.86. The van der Waals surface area contributed by atoms with Gasteiger partial charge in [-0.15, -0.1) is 11.3 Å². The maximum absolute atomic E-state index is 12.7. The van der Waals surface area contributed by atoms with Crippen LogP contribution in [0.3, 0.4) is 0 Å². The van der Waals surface area contributed by atoms with Gasteiger partial charge in [-0.05, 0) is 41.3 Å². The van der Waals surface area contributed by atoms with Crippen molar-refractivity contribution in [1.82, 2.24) is 4.98 Å². The van der Waals surface area contributed by atoms with Crippen molar-refractivity contribution in [2.24, 2.45) is 0 Å². The van der Waals surface area contributed by atoms with Crippen molar-refractivity contribution in [2.75, 3.05) is 4.72 Å². The maximum atomic E-state index is 12.7. The Labute approximate surface area is 164 Å². The summed E-state index contributed by atoms with van der Waals surface area (Å²) in [5.74, 6) is 0. The van der Waals surface area contributed by atoms with E-state index in [2.05, 4.69) is 9.71 Å². The first-order valence-electron chi connectivity index (χ1n) is 7.57. The van der Waals surface area contributed by atoms with Gasteiger partial charge < -0.3 is 4.98 Å². The standard InChI is InChI=1S/C18H12Cl2N2O2S2/c19-13-7-8-15(18-17(13)14(20)10-21-18)22-26(23,24)12-5-3-11(4-6-12)16-2-1-9-25-16/h1-10,21-22H. The van der Waals surface area contributed by atoms with E-state index >= 15 is 0 Å². The molecule has 0 unspecified atom stereocenters. The Morgan fingerprint density at radius 2 is 1.73 bits per heavy atom. The molecule has 0 radical (unpaired) electrons. The van der Waals surface area contributed by atoms with Gasteiger partial charge in [0.25, 0.3) is 10.0 Å². The molecule has 0 spiro atoms. The number of sulfonamides is 1. The summed E-state index contributed by atoms with van der Waals surface area (Å²) in [5, 5.41) is 3.46. The number of thiophene rings is 1. The Bertz CT molecular complexity index is 1180. The predicted octanol–water partition coefficient (Wildman–Crippen LogP) is 6.00. The van der Waals surface area contributed by atoms with E-state index in [0.29, 0.717) is 26.6 Å². The minimum Gasteiger partial charge on any atom is -0.358 e. The van der Waals surface area contributed by atoms with Crippen LogP contribution in [-0.4, -0.2) is 13.4 Å². The Balaban J connectivity index is 1.69. The van der Waals surface area contributed by atoms with Crippen LogP contribution in [0.5, 0.6) is 0 Å². The van der Waals surface area contributed by atoms with E-state index in [1.54, 1.807) is 53.9 Å². The van der Waals surface area contributed by atoms with Crippen LogP contribution in [0.4, 0.5) is 5.69 Å². The number of benzene rings is 2. The number of rotatable bonds is 4. The third kappa shape index (κ3) is 3.10. The largest absolute Gasteiger partial charge is 0.358 e. The predicted molar refractivity (Wildman–Crippen MR) is 109 cm³/mol. The van der Waals surface area contributed by atoms with Crippen LogP contribution in [-0.2, 0) is 10.0 Å². The molecule has 0 bridgehead atoms. The van der Waals surface area contributed by atoms with E-state index < -0.39 is 10.0 Å². The van der Waals surface area contributed by atoms with Crippen LogP contribution in [0, 0.1) is 0 Å². The highest BCUT2D eigenvalue weighted by Gasteiger charge is 2.18. The highest BCUT2D eigenvalue weighted by molar-refractivity contribution is 7.92. The van der Waals surface area contributed by atoms with Crippen LogP contribution >= 0.6 is 34.5 Å². The summed E-state index contributed by atoms with van der Waals surface area (Å²) in [6.07, 6.45) is 1.58. The fraction of sp³-hybridized carbons (Fsp3) is 0. The molecule has 2 aromatic heterocycles. The third-order valence-electron chi connectivity index (χ3n) is 3.95. The quantitative estimate of drug-likeness (QED) is 0.423. The molecule has 0 aliphatic rings. The van der Waals surface area contributed by atoms with Gasteiger partial charge in [0.2, 0.25) is 0 Å². The highest BCUT2D eigenvalue weighted by atomic mass is 35.5. The molecular formula is C18H12Cl2N2O2S2. The van der Waals surface area contributed by atoms with Crippen LogP contribution in [0.25, 0.3) is 21.3 Å². The van der Waals surface area contributed by atoms with Gasteiger partial charge in [0.15, 0.2) is 0 Å². The number of H-pyrrole nitrogens is 1. The molecular weight excluding hydrogens is 411 g/mol. The molecule has 4 nitrogen and oxygen atoms in total. The van der Waals surface area contributed by atoms with E-state index in [1.165, 1.54) is 0 Å². The second kappa shape index (κ2) is 6.63. The molecule has 0 fully saturated rings. The molecule has 4 aromatic rings. The Morgan fingerprint density at radius 1 is 0.962 bits per heavy atom. The van der Waals surface area contributed by atoms with Crippen molar-refractivity contribution < 1.29 is 8.42 Å². The fourth-order valence-corrected chi connectivity index (χ4v) is 5.06. The number of fused-ring (bicyclic) bond motifs is 1. The van der Waals surface area contributed by atoms with Gasteiger partial charge in [-0.25, -0.2) is 8.42 Å². The van der Waals surface area contributed by atoms with Gasteiger partial charge in [-0.3, -0.25) is 4.72 Å². The molecule has 2 aromatic carbocycles. The lowest BCUT2D eigenvalue weighted by Gasteiger charge is -2.10. The molecule has 0 saturated heterocycles. The molecule has 2 heterocycles. The molecule has 0 aliphatic heterocycles. The van der Waals surface area contributed by atoms with Crippen LogP contribution in [0.1, 0.15) is 0 Å². The first-order valence-corrected chi connectivity index (χ1v) is 10.7. The Hall–Kier alpha value is -1.99. The summed E-state index contributed by atoms with van der Waals surface area (Å²) >= 11 is 13.9. The first-order chi connectivity index (χ1) is 12.5. The summed E-state index contributed by atoms with van der Waals surface area (Å²) in [7, 11) is -3.75. The summed E-state index contributed by atoms with van der Waals surface area (Å²) in [6, 6.07) is 13.9. The van der Waals surface area contributed by atoms with Crippen molar-refractivity contribution in [3.05, 3.63) is 70.2 Å². The monoisotopic (exact) mass is 422 g/mol. The van der Waals surface area contributed by atoms with Crippen molar-refractivity contribution in [3.8, 4) is 10.4 Å². The average molecular weight is 423 g/mol. The Morgan fingerprint density at radius 3 is 2.42 bits per heavy atom. The van der Waals surface area contributed by atoms with Gasteiger partial charge in [0.05, 0.1) is 26.1 Å². The molecule has 0 atom stereocenters. The fourth-order valence-electron chi connectivity index (χ4n) is 2.70. The van der Waals surface area contributed by atoms with E-state index in [-0.39, 0.29) is 4.90 Å². The molecule has 2 N–H and O–H groups in total. The SMILES string of the molecule is O=S(=O)(Nc1ccc(Cl)c2c(Cl)c[nH]c12)c1ccc(-c2cccs2)cc1. The lowest BCUT2D eigenvalue weighted by Crippen LogP contribution is -2.13. The zero-order valence-electron chi connectivity index (χ0n) is 13.2. The van der Waals surface area contributed by atoms with Gasteiger partial charge in [-0.1, -0.05) is 41.4 Å². The summed E-state index contributed by atoms with van der Waals surface area (Å²) in [5.41, 5.74) is 1.91. The highest BCUT2D eigenvalue weighted by Crippen LogP contribution is 2.35. The molecule has 0 aliphatic carbocycles. The van der Waals surface area contributed by atoms with E-state index in [4.69, 9.17) is 23.2 Å². The number of hydrogen-bond acceptors (Lipinski definition) is 3. The van der Waals surface area contributed by atoms with E-state index in [1.807, 2.05) is 17.5 Å². The van der Waals surface area contributed by atoms with Crippen molar-refractivity contribution in [3.63, 3.8) is 0 Å². The Kier molecular flexibility index (Phi) is 4.44. The number of aromatic amines is 1. The zero-order chi connectivity index (χ0) is 18.3. The number of hydrogen-bond donors (Lipinski definition) is 2. The first kappa shape index (κ1) is 17.4. The topological polar surface area (TPSA) is 62.0 Å². The summed E-state index contributed by atoms with van der Waals surface area (Å²) < 4.78 is 28.1. The average Bonchev–Trinajstić information content (AvgIpc) is 3.28. The van der Waals surface area contributed by atoms with Crippen LogP contribution in [0.2, 0.25) is 10.0 Å². The van der Waals surface area contributed by atoms with Crippen molar-refractivity contribution in [2.45, 2.75) is 4.90 Å². The zero-order valence-corrected chi connectivity index (χ0v) is 16.3. The van der Waals surface area contributed by atoms with Crippen molar-refractivity contribution in [1.29, 1.82) is 0 Å². The van der Waals surface area contributed by atoms with Crippen molar-refractivity contribution >= 4 is 61.2 Å². The summed E-state index contributed by atoms with van der Waals surface area (Å²) in [4.78, 5) is 4.22. The van der Waals surface area contributed by atoms with Gasteiger partial charge in [0, 0.05) is 16.5 Å².